The van der Waals surface area contributed by atoms with Gasteiger partial charge in [0.1, 0.15) is 23.9 Å². The number of hydrogen-bond acceptors (Lipinski definition) is 4. The smallest absolute Gasteiger partial charge is 0.280 e. The van der Waals surface area contributed by atoms with Crippen molar-refractivity contribution in [2.45, 2.75) is 20.4 Å². The normalized spacial score (nSPS) is 11.8. The lowest BCUT2D eigenvalue weighted by molar-refractivity contribution is -0.885. The monoisotopic (exact) mass is 409 g/mol. The highest BCUT2D eigenvalue weighted by molar-refractivity contribution is 5.91. The van der Waals surface area contributed by atoms with Gasteiger partial charge >= 0.3 is 0 Å². The summed E-state index contributed by atoms with van der Waals surface area (Å²) in [6.45, 7) is 4.91. The van der Waals surface area contributed by atoms with E-state index in [-0.39, 0.29) is 5.91 Å². The number of aryl methyl sites for hydroxylation is 2. The Hall–Kier alpha value is -3.32. The summed E-state index contributed by atoms with van der Waals surface area (Å²) in [7, 11) is 5.24. The van der Waals surface area contributed by atoms with Crippen LogP contribution < -0.4 is 19.7 Å². The molecule has 0 aliphatic rings. The van der Waals surface area contributed by atoms with Crippen LogP contribution in [0.1, 0.15) is 16.8 Å². The molecule has 0 saturated heterocycles. The number of quaternary nitrogens is 1. The van der Waals surface area contributed by atoms with Crippen LogP contribution in [0.2, 0.25) is 0 Å². The van der Waals surface area contributed by atoms with E-state index in [1.807, 2.05) is 69.4 Å². The van der Waals surface area contributed by atoms with E-state index in [0.717, 1.165) is 33.3 Å². The number of rotatable bonds is 8. The summed E-state index contributed by atoms with van der Waals surface area (Å²) in [6, 6.07) is 15.6. The number of amides is 1. The van der Waals surface area contributed by atoms with Crippen LogP contribution >= 0.6 is 0 Å². The van der Waals surface area contributed by atoms with E-state index in [1.165, 1.54) is 5.56 Å². The van der Waals surface area contributed by atoms with E-state index in [2.05, 4.69) is 10.4 Å². The Bertz CT molecular complexity index is 1010. The van der Waals surface area contributed by atoms with Crippen molar-refractivity contribution in [1.29, 1.82) is 0 Å². The number of nitrogens with one attached hydrogen (secondary N) is 2. The van der Waals surface area contributed by atoms with Crippen molar-refractivity contribution in [2.75, 3.05) is 33.1 Å². The van der Waals surface area contributed by atoms with E-state index in [0.29, 0.717) is 18.9 Å². The van der Waals surface area contributed by atoms with Gasteiger partial charge in [-0.25, -0.2) is 4.68 Å². The van der Waals surface area contributed by atoms with Crippen molar-refractivity contribution >= 4 is 11.7 Å². The zero-order chi connectivity index (χ0) is 21.7. The SMILES string of the molecule is COc1ccc(C[NH+](C)CC(=O)Nc2cc(C)nn2-c2ccc(C)cc2)c(OC)c1. The second-order valence-electron chi connectivity index (χ2n) is 7.45. The first-order valence-corrected chi connectivity index (χ1v) is 9.85. The average molecular weight is 410 g/mol. The van der Waals surface area contributed by atoms with Crippen molar-refractivity contribution in [3.63, 3.8) is 0 Å². The molecular formula is C23H29N4O3+. The molecule has 0 radical (unpaired) electrons. The van der Waals surface area contributed by atoms with Crippen molar-refractivity contribution < 1.29 is 19.2 Å². The van der Waals surface area contributed by atoms with Gasteiger partial charge < -0.3 is 19.7 Å². The van der Waals surface area contributed by atoms with Crippen LogP contribution in [0.4, 0.5) is 5.82 Å². The maximum absolute atomic E-state index is 12.7. The molecule has 7 heteroatoms. The Morgan fingerprint density at radius 1 is 1.07 bits per heavy atom. The van der Waals surface area contributed by atoms with Crippen molar-refractivity contribution in [1.82, 2.24) is 9.78 Å². The highest BCUT2D eigenvalue weighted by Gasteiger charge is 2.16. The molecule has 30 heavy (non-hydrogen) atoms. The maximum atomic E-state index is 12.7. The first-order valence-electron chi connectivity index (χ1n) is 9.85. The lowest BCUT2D eigenvalue weighted by Crippen LogP contribution is -3.08. The minimum atomic E-state index is -0.0757. The Labute approximate surface area is 177 Å². The van der Waals surface area contributed by atoms with Crippen LogP contribution in [-0.2, 0) is 11.3 Å². The number of hydrogen-bond donors (Lipinski definition) is 2. The molecule has 2 N–H and O–H groups in total. The number of benzene rings is 2. The van der Waals surface area contributed by atoms with E-state index < -0.39 is 0 Å². The summed E-state index contributed by atoms with van der Waals surface area (Å²) in [4.78, 5) is 13.7. The Balaban J connectivity index is 1.67. The molecule has 1 heterocycles. The molecule has 1 unspecified atom stereocenters. The van der Waals surface area contributed by atoms with Gasteiger partial charge in [0, 0.05) is 17.7 Å². The number of anilines is 1. The molecule has 1 atom stereocenters. The van der Waals surface area contributed by atoms with Crippen molar-refractivity contribution in [3.05, 3.63) is 65.4 Å². The lowest BCUT2D eigenvalue weighted by atomic mass is 10.2. The number of carbonyl (C=O) groups excluding carboxylic acids is 1. The largest absolute Gasteiger partial charge is 0.497 e. The second-order valence-corrected chi connectivity index (χ2v) is 7.45. The standard InChI is InChI=1S/C23H28N4O3/c1-16-6-9-19(10-7-16)27-22(12-17(2)25-27)24-23(28)15-26(3)14-18-8-11-20(29-4)13-21(18)30-5/h6-13H,14-15H2,1-5H3,(H,24,28)/p+1. The molecular weight excluding hydrogens is 380 g/mol. The lowest BCUT2D eigenvalue weighted by Gasteiger charge is -2.16. The van der Waals surface area contributed by atoms with E-state index in [4.69, 9.17) is 9.47 Å². The molecule has 0 saturated carbocycles. The number of nitrogens with zero attached hydrogens (tertiary/aromatic N) is 2. The summed E-state index contributed by atoms with van der Waals surface area (Å²) < 4.78 is 12.5. The van der Waals surface area contributed by atoms with Gasteiger partial charge in [-0.2, -0.15) is 5.10 Å². The summed E-state index contributed by atoms with van der Waals surface area (Å²) in [5.41, 5.74) is 3.94. The molecule has 3 aromatic rings. The summed E-state index contributed by atoms with van der Waals surface area (Å²) >= 11 is 0. The third-order valence-electron chi connectivity index (χ3n) is 4.83. The molecule has 0 spiro atoms. The predicted octanol–water partition coefficient (Wildman–Crippen LogP) is 2.16. The third-order valence-corrected chi connectivity index (χ3v) is 4.83. The number of likely N-dealkylation sites (N-methyl/N-ethyl adjacent to an activating group) is 1. The maximum Gasteiger partial charge on any atom is 0.280 e. The van der Waals surface area contributed by atoms with Crippen LogP contribution in [0, 0.1) is 13.8 Å². The fourth-order valence-electron chi connectivity index (χ4n) is 3.32. The van der Waals surface area contributed by atoms with Gasteiger partial charge in [0.15, 0.2) is 6.54 Å². The van der Waals surface area contributed by atoms with E-state index in [1.54, 1.807) is 18.9 Å². The fraction of sp³-hybridized carbons (Fsp3) is 0.304. The first-order chi connectivity index (χ1) is 14.4. The molecule has 0 fully saturated rings. The van der Waals surface area contributed by atoms with Gasteiger partial charge in [0.05, 0.1) is 32.6 Å². The minimum Gasteiger partial charge on any atom is -0.497 e. The fourth-order valence-corrected chi connectivity index (χ4v) is 3.32. The van der Waals surface area contributed by atoms with Gasteiger partial charge in [-0.1, -0.05) is 17.7 Å². The highest BCUT2D eigenvalue weighted by Crippen LogP contribution is 2.23. The quantitative estimate of drug-likeness (QED) is 0.598. The Kier molecular flexibility index (Phi) is 6.74. The van der Waals surface area contributed by atoms with Crippen LogP contribution in [-0.4, -0.2) is 43.5 Å². The molecule has 3 rings (SSSR count). The molecule has 1 amide bonds. The third kappa shape index (κ3) is 5.18. The summed E-state index contributed by atoms with van der Waals surface area (Å²) in [5, 5.41) is 7.51. The molecule has 2 aromatic carbocycles. The molecule has 0 aliphatic heterocycles. The number of methoxy groups -OCH3 is 2. The highest BCUT2D eigenvalue weighted by atomic mass is 16.5. The zero-order valence-electron chi connectivity index (χ0n) is 18.2. The molecule has 1 aromatic heterocycles. The molecule has 0 aliphatic carbocycles. The predicted molar refractivity (Wildman–Crippen MR) is 117 cm³/mol. The number of carbonyl (C=O) groups is 1. The van der Waals surface area contributed by atoms with Crippen LogP contribution in [0.15, 0.2) is 48.5 Å². The van der Waals surface area contributed by atoms with Gasteiger partial charge in [-0.05, 0) is 38.1 Å². The minimum absolute atomic E-state index is 0.0757. The second kappa shape index (κ2) is 9.45. The van der Waals surface area contributed by atoms with Gasteiger partial charge in [0.25, 0.3) is 5.91 Å². The van der Waals surface area contributed by atoms with Crippen LogP contribution in [0.5, 0.6) is 11.5 Å². The van der Waals surface area contributed by atoms with Gasteiger partial charge in [0.2, 0.25) is 0 Å². The van der Waals surface area contributed by atoms with Crippen molar-refractivity contribution in [2.24, 2.45) is 0 Å². The summed E-state index contributed by atoms with van der Waals surface area (Å²) in [6.07, 6.45) is 0. The first kappa shape index (κ1) is 21.4. The number of aromatic nitrogens is 2. The molecule has 158 valence electrons. The van der Waals surface area contributed by atoms with Gasteiger partial charge in [-0.15, -0.1) is 0 Å². The number of ether oxygens (including phenoxy) is 2. The van der Waals surface area contributed by atoms with E-state index in [9.17, 15) is 4.79 Å². The molecule has 7 nitrogen and oxygen atoms in total. The zero-order valence-corrected chi connectivity index (χ0v) is 18.2. The average Bonchev–Trinajstić information content (AvgIpc) is 3.08. The Morgan fingerprint density at radius 2 is 1.80 bits per heavy atom. The van der Waals surface area contributed by atoms with Crippen molar-refractivity contribution in [3.8, 4) is 17.2 Å². The topological polar surface area (TPSA) is 69.8 Å². The van der Waals surface area contributed by atoms with E-state index >= 15 is 0 Å². The Morgan fingerprint density at radius 3 is 2.47 bits per heavy atom. The summed E-state index contributed by atoms with van der Waals surface area (Å²) in [5.74, 6) is 2.08. The van der Waals surface area contributed by atoms with Gasteiger partial charge in [-0.3, -0.25) is 4.79 Å². The van der Waals surface area contributed by atoms with Crippen LogP contribution in [0.25, 0.3) is 5.69 Å². The van der Waals surface area contributed by atoms with Crippen LogP contribution in [0.3, 0.4) is 0 Å². The molecule has 0 bridgehead atoms.